The van der Waals surface area contributed by atoms with Gasteiger partial charge in [0.1, 0.15) is 17.9 Å². The molecule has 4 unspecified atom stereocenters. The summed E-state index contributed by atoms with van der Waals surface area (Å²) in [6.45, 7) is 4.34. The Morgan fingerprint density at radius 2 is 2.08 bits per heavy atom. The number of benzene rings is 1. The van der Waals surface area contributed by atoms with Gasteiger partial charge >= 0.3 is 0 Å². The van der Waals surface area contributed by atoms with Gasteiger partial charge in [0.15, 0.2) is 6.20 Å². The smallest absolute Gasteiger partial charge is 0.211 e. The third-order valence-electron chi connectivity index (χ3n) is 5.72. The summed E-state index contributed by atoms with van der Waals surface area (Å²) in [5.41, 5.74) is 3.42. The van der Waals surface area contributed by atoms with Crippen LogP contribution in [0.2, 0.25) is 0 Å². The molecule has 5 rings (SSSR count). The molecule has 2 aromatic rings. The minimum Gasteiger partial charge on any atom is -1.00 e. The fourth-order valence-corrected chi connectivity index (χ4v) is 4.47. The lowest BCUT2D eigenvalue weighted by atomic mass is 9.76. The van der Waals surface area contributed by atoms with Crippen molar-refractivity contribution in [1.82, 2.24) is 0 Å². The van der Waals surface area contributed by atoms with Gasteiger partial charge in [-0.1, -0.05) is 6.08 Å². The minimum atomic E-state index is -0.495. The maximum atomic E-state index is 11.1. The molecular formula is C19H24Cl2N2O2. The molecule has 3 saturated heterocycles. The van der Waals surface area contributed by atoms with Crippen molar-refractivity contribution < 1.29 is 44.9 Å². The molecule has 0 amide bonds. The zero-order chi connectivity index (χ0) is 16.0. The summed E-state index contributed by atoms with van der Waals surface area (Å²) >= 11 is 0. The normalized spacial score (nSPS) is 27.6. The van der Waals surface area contributed by atoms with Gasteiger partial charge in [-0.05, 0) is 30.5 Å². The summed E-state index contributed by atoms with van der Waals surface area (Å²) in [4.78, 5) is 4.68. The maximum absolute atomic E-state index is 11.1. The second kappa shape index (κ2) is 7.92. The fourth-order valence-electron chi connectivity index (χ4n) is 4.47. The predicted octanol–water partition coefficient (Wildman–Crippen LogP) is -4.98. The van der Waals surface area contributed by atoms with E-state index in [0.29, 0.717) is 5.92 Å². The number of H-pyrrole nitrogens is 1. The van der Waals surface area contributed by atoms with Gasteiger partial charge in [-0.3, -0.25) is 0 Å². The highest BCUT2D eigenvalue weighted by Crippen LogP contribution is 2.33. The number of aliphatic hydroxyl groups excluding tert-OH is 1. The van der Waals surface area contributed by atoms with Crippen LogP contribution in [0.4, 0.5) is 0 Å². The third kappa shape index (κ3) is 3.49. The summed E-state index contributed by atoms with van der Waals surface area (Å²) in [5.74, 6) is 0.867. The first-order valence-electron chi connectivity index (χ1n) is 8.48. The maximum Gasteiger partial charge on any atom is 0.211 e. The Labute approximate surface area is 160 Å². The fraction of sp³-hybridized carbons (Fsp3) is 0.421. The van der Waals surface area contributed by atoms with Crippen molar-refractivity contribution in [3.05, 3.63) is 47.7 Å². The first-order valence-corrected chi connectivity index (χ1v) is 8.48. The Morgan fingerprint density at radius 1 is 1.28 bits per heavy atom. The van der Waals surface area contributed by atoms with Crippen LogP contribution in [0.25, 0.3) is 10.9 Å². The Morgan fingerprint density at radius 3 is 2.76 bits per heavy atom. The topological polar surface area (TPSA) is 59.0 Å². The Balaban J connectivity index is 0.00000113. The number of aromatic hydroxyl groups is 1. The molecule has 4 nitrogen and oxygen atoms in total. The molecule has 4 N–H and O–H groups in total. The molecule has 25 heavy (non-hydrogen) atoms. The zero-order valence-electron chi connectivity index (χ0n) is 14.2. The highest BCUT2D eigenvalue weighted by atomic mass is 35.5. The van der Waals surface area contributed by atoms with Crippen molar-refractivity contribution in [2.45, 2.75) is 31.9 Å². The van der Waals surface area contributed by atoms with E-state index in [0.717, 1.165) is 36.0 Å². The van der Waals surface area contributed by atoms with Gasteiger partial charge in [-0.25, -0.2) is 4.98 Å². The molecule has 136 valence electrons. The number of hydrogen-bond acceptors (Lipinski definition) is 2. The number of rotatable bonds is 2. The lowest BCUT2D eigenvalue weighted by Gasteiger charge is -2.45. The number of pyridine rings is 1. The lowest BCUT2D eigenvalue weighted by molar-refractivity contribution is -0.939. The number of quaternary nitrogens is 1. The van der Waals surface area contributed by atoms with Gasteiger partial charge in [0, 0.05) is 30.5 Å². The predicted molar refractivity (Wildman–Crippen MR) is 88.1 cm³/mol. The van der Waals surface area contributed by atoms with E-state index in [1.165, 1.54) is 11.3 Å². The second-order valence-electron chi connectivity index (χ2n) is 6.88. The number of hydrogen-bond donors (Lipinski definition) is 3. The average Bonchev–Trinajstić information content (AvgIpc) is 2.60. The third-order valence-corrected chi connectivity index (χ3v) is 5.72. The molecule has 3 aliphatic heterocycles. The van der Waals surface area contributed by atoms with Gasteiger partial charge in [0.05, 0.1) is 18.5 Å². The SMILES string of the molecule is C/C=C1\C[NH+]2CCC1CC2C(O)c1cc[nH+]c2ccc(O)cc12.[Cl-].[Cl-]. The van der Waals surface area contributed by atoms with Gasteiger partial charge in [-0.2, -0.15) is 0 Å². The number of allylic oxidation sites excluding steroid dienone is 1. The van der Waals surface area contributed by atoms with Crippen molar-refractivity contribution >= 4 is 10.9 Å². The summed E-state index contributed by atoms with van der Waals surface area (Å²) < 4.78 is 0. The van der Waals surface area contributed by atoms with E-state index in [9.17, 15) is 10.2 Å². The first-order chi connectivity index (χ1) is 11.2. The van der Waals surface area contributed by atoms with Crippen LogP contribution in [0.3, 0.4) is 0 Å². The number of nitrogens with one attached hydrogen (secondary N) is 2. The number of aromatic nitrogens is 1. The summed E-state index contributed by atoms with van der Waals surface area (Å²) in [7, 11) is 0. The molecule has 0 aliphatic carbocycles. The minimum absolute atomic E-state index is 0. The van der Waals surface area contributed by atoms with Crippen LogP contribution in [0.15, 0.2) is 42.1 Å². The van der Waals surface area contributed by atoms with E-state index in [4.69, 9.17) is 0 Å². The molecule has 1 aromatic heterocycles. The van der Waals surface area contributed by atoms with Crippen LogP contribution in [-0.4, -0.2) is 29.3 Å². The Hall–Kier alpha value is -1.33. The second-order valence-corrected chi connectivity index (χ2v) is 6.88. The van der Waals surface area contributed by atoms with E-state index in [1.54, 1.807) is 17.7 Å². The molecule has 3 aliphatic rings. The molecule has 0 spiro atoms. The van der Waals surface area contributed by atoms with Crippen molar-refractivity contribution in [1.29, 1.82) is 0 Å². The Kier molecular flexibility index (Phi) is 6.33. The molecule has 0 radical (unpaired) electrons. The van der Waals surface area contributed by atoms with E-state index < -0.39 is 6.10 Å². The largest absolute Gasteiger partial charge is 1.00 e. The lowest BCUT2D eigenvalue weighted by Crippen LogP contribution is -3.19. The van der Waals surface area contributed by atoms with Gasteiger partial charge in [-0.15, -0.1) is 0 Å². The van der Waals surface area contributed by atoms with Crippen LogP contribution < -0.4 is 34.7 Å². The molecule has 4 atom stereocenters. The number of phenols is 1. The number of fused-ring (bicyclic) bond motifs is 4. The van der Waals surface area contributed by atoms with Crippen LogP contribution >= 0.6 is 0 Å². The van der Waals surface area contributed by atoms with E-state index in [2.05, 4.69) is 18.0 Å². The first kappa shape index (κ1) is 20.0. The molecule has 3 fully saturated rings. The monoisotopic (exact) mass is 382 g/mol. The highest BCUT2D eigenvalue weighted by Gasteiger charge is 2.44. The molecule has 4 heterocycles. The van der Waals surface area contributed by atoms with Crippen molar-refractivity contribution in [3.63, 3.8) is 0 Å². The number of piperidine rings is 3. The van der Waals surface area contributed by atoms with Crippen molar-refractivity contribution in [2.24, 2.45) is 5.92 Å². The standard InChI is InChI=1S/C19H22N2O2.2ClH/c1-2-12-11-21-8-6-13(12)9-18(21)19(23)15-5-7-20-17-4-3-14(22)10-16(15)17;;/h2-5,7,10,13,18-19,22-23H,6,8-9,11H2,1H3;2*1H/b12-2+;;. The van der Waals surface area contributed by atoms with Crippen molar-refractivity contribution in [3.8, 4) is 5.75 Å². The van der Waals surface area contributed by atoms with Crippen LogP contribution in [0.5, 0.6) is 5.75 Å². The quantitative estimate of drug-likeness (QED) is 0.455. The molecule has 6 heteroatoms. The zero-order valence-corrected chi connectivity index (χ0v) is 15.7. The van der Waals surface area contributed by atoms with E-state index in [1.807, 2.05) is 18.3 Å². The number of aromatic amines is 1. The van der Waals surface area contributed by atoms with Crippen LogP contribution in [0, 0.1) is 5.92 Å². The summed E-state index contributed by atoms with van der Waals surface area (Å²) in [6.07, 6.45) is 5.93. The molecule has 2 bridgehead atoms. The van der Waals surface area contributed by atoms with Crippen molar-refractivity contribution in [2.75, 3.05) is 13.1 Å². The molecular weight excluding hydrogens is 359 g/mol. The van der Waals surface area contributed by atoms with E-state index >= 15 is 0 Å². The number of aliphatic hydroxyl groups is 1. The van der Waals surface area contributed by atoms with Crippen LogP contribution in [-0.2, 0) is 0 Å². The Bertz CT molecular complexity index is 781. The number of halogens is 2. The molecule has 1 aromatic carbocycles. The van der Waals surface area contributed by atoms with Crippen LogP contribution in [0.1, 0.15) is 31.4 Å². The number of phenolic OH excluding ortho intramolecular Hbond substituents is 1. The average molecular weight is 383 g/mol. The molecule has 0 saturated carbocycles. The van der Waals surface area contributed by atoms with Gasteiger partial charge in [0.25, 0.3) is 0 Å². The summed E-state index contributed by atoms with van der Waals surface area (Å²) in [5, 5.41) is 21.8. The highest BCUT2D eigenvalue weighted by molar-refractivity contribution is 5.81. The summed E-state index contributed by atoms with van der Waals surface area (Å²) in [6, 6.07) is 7.47. The van der Waals surface area contributed by atoms with Gasteiger partial charge < -0.3 is 39.9 Å². The van der Waals surface area contributed by atoms with E-state index in [-0.39, 0.29) is 36.6 Å². The van der Waals surface area contributed by atoms with Gasteiger partial charge in [0.2, 0.25) is 5.52 Å².